The van der Waals surface area contributed by atoms with Gasteiger partial charge in [0.05, 0.1) is 5.02 Å². The Kier molecular flexibility index (Phi) is 5.07. The van der Waals surface area contributed by atoms with Crippen molar-refractivity contribution in [2.24, 2.45) is 0 Å². The van der Waals surface area contributed by atoms with E-state index in [4.69, 9.17) is 16.3 Å². The third-order valence-corrected chi connectivity index (χ3v) is 2.90. The molecule has 0 spiro atoms. The first-order valence-corrected chi connectivity index (χ1v) is 6.48. The standard InChI is InChI=1S/C15H16ClNO2/c16-14-8-4-5-9-15(14)19-11-13(18)10-17-12-6-2-1-3-7-12/h1-9,13,17-18H,10-11H2. The van der Waals surface area contributed by atoms with Gasteiger partial charge >= 0.3 is 0 Å². The molecule has 0 saturated heterocycles. The minimum atomic E-state index is -0.600. The number of aliphatic hydroxyl groups is 1. The van der Waals surface area contributed by atoms with Gasteiger partial charge in [-0.05, 0) is 24.3 Å². The summed E-state index contributed by atoms with van der Waals surface area (Å²) >= 11 is 5.96. The molecule has 0 heterocycles. The lowest BCUT2D eigenvalue weighted by Crippen LogP contribution is -2.26. The third kappa shape index (κ3) is 4.47. The maximum absolute atomic E-state index is 9.83. The third-order valence-electron chi connectivity index (χ3n) is 2.58. The zero-order valence-corrected chi connectivity index (χ0v) is 11.2. The number of hydrogen-bond donors (Lipinski definition) is 2. The van der Waals surface area contributed by atoms with Gasteiger partial charge in [0.15, 0.2) is 0 Å². The van der Waals surface area contributed by atoms with Crippen molar-refractivity contribution >= 4 is 17.3 Å². The Morgan fingerprint density at radius 1 is 1.05 bits per heavy atom. The topological polar surface area (TPSA) is 41.5 Å². The van der Waals surface area contributed by atoms with Crippen LogP contribution in [0.25, 0.3) is 0 Å². The van der Waals surface area contributed by atoms with Crippen LogP contribution in [0.1, 0.15) is 0 Å². The van der Waals surface area contributed by atoms with Gasteiger partial charge in [0.25, 0.3) is 0 Å². The highest BCUT2D eigenvalue weighted by Crippen LogP contribution is 2.23. The quantitative estimate of drug-likeness (QED) is 0.852. The van der Waals surface area contributed by atoms with Crippen LogP contribution in [0.15, 0.2) is 54.6 Å². The van der Waals surface area contributed by atoms with E-state index in [0.29, 0.717) is 17.3 Å². The van der Waals surface area contributed by atoms with Crippen LogP contribution in [0.5, 0.6) is 5.75 Å². The largest absolute Gasteiger partial charge is 0.489 e. The molecule has 3 nitrogen and oxygen atoms in total. The molecule has 2 N–H and O–H groups in total. The molecule has 100 valence electrons. The average Bonchev–Trinajstić information content (AvgIpc) is 2.45. The number of ether oxygens (including phenoxy) is 1. The fraction of sp³-hybridized carbons (Fsp3) is 0.200. The minimum Gasteiger partial charge on any atom is -0.489 e. The highest BCUT2D eigenvalue weighted by molar-refractivity contribution is 6.32. The lowest BCUT2D eigenvalue weighted by Gasteiger charge is -2.14. The molecule has 19 heavy (non-hydrogen) atoms. The maximum atomic E-state index is 9.83. The summed E-state index contributed by atoms with van der Waals surface area (Å²) in [5.41, 5.74) is 0.972. The van der Waals surface area contributed by atoms with Crippen LogP contribution in [0.3, 0.4) is 0 Å². The lowest BCUT2D eigenvalue weighted by molar-refractivity contribution is 0.117. The summed E-state index contributed by atoms with van der Waals surface area (Å²) in [7, 11) is 0. The van der Waals surface area contributed by atoms with E-state index in [0.717, 1.165) is 5.69 Å². The molecule has 0 aliphatic rings. The van der Waals surface area contributed by atoms with Crippen molar-refractivity contribution in [3.8, 4) is 5.75 Å². The Hall–Kier alpha value is -1.71. The number of para-hydroxylation sites is 2. The normalized spacial score (nSPS) is 11.9. The summed E-state index contributed by atoms with van der Waals surface area (Å²) < 4.78 is 5.47. The summed E-state index contributed by atoms with van der Waals surface area (Å²) in [5, 5.41) is 13.5. The van der Waals surface area contributed by atoms with Gasteiger partial charge in [0.2, 0.25) is 0 Å². The van der Waals surface area contributed by atoms with E-state index in [9.17, 15) is 5.11 Å². The maximum Gasteiger partial charge on any atom is 0.138 e. The van der Waals surface area contributed by atoms with E-state index < -0.39 is 6.10 Å². The summed E-state index contributed by atoms with van der Waals surface area (Å²) in [6.07, 6.45) is -0.600. The van der Waals surface area contributed by atoms with E-state index in [1.54, 1.807) is 12.1 Å². The van der Waals surface area contributed by atoms with Crippen LogP contribution in [0, 0.1) is 0 Å². The van der Waals surface area contributed by atoms with Crippen molar-refractivity contribution in [3.05, 3.63) is 59.6 Å². The van der Waals surface area contributed by atoms with Crippen molar-refractivity contribution in [1.29, 1.82) is 0 Å². The Morgan fingerprint density at radius 3 is 2.47 bits per heavy atom. The second-order valence-electron chi connectivity index (χ2n) is 4.14. The fourth-order valence-corrected chi connectivity index (χ4v) is 1.79. The Morgan fingerprint density at radius 2 is 1.74 bits per heavy atom. The van der Waals surface area contributed by atoms with Crippen molar-refractivity contribution in [3.63, 3.8) is 0 Å². The van der Waals surface area contributed by atoms with Crippen molar-refractivity contribution < 1.29 is 9.84 Å². The number of halogens is 1. The molecular weight excluding hydrogens is 262 g/mol. The smallest absolute Gasteiger partial charge is 0.138 e. The molecule has 2 rings (SSSR count). The molecule has 0 fully saturated rings. The predicted octanol–water partition coefficient (Wildman–Crippen LogP) is 3.19. The van der Waals surface area contributed by atoms with Crippen LogP contribution < -0.4 is 10.1 Å². The molecule has 0 amide bonds. The first-order valence-electron chi connectivity index (χ1n) is 6.10. The summed E-state index contributed by atoms with van der Waals surface area (Å²) in [6, 6.07) is 16.9. The number of nitrogens with one attached hydrogen (secondary N) is 1. The molecular formula is C15H16ClNO2. The van der Waals surface area contributed by atoms with Crippen LogP contribution in [0.4, 0.5) is 5.69 Å². The van der Waals surface area contributed by atoms with Gasteiger partial charge in [0.1, 0.15) is 18.5 Å². The SMILES string of the molecule is OC(CNc1ccccc1)COc1ccccc1Cl. The molecule has 2 aromatic rings. The van der Waals surface area contributed by atoms with E-state index >= 15 is 0 Å². The molecule has 1 atom stereocenters. The first kappa shape index (κ1) is 13.7. The predicted molar refractivity (Wildman–Crippen MR) is 77.9 cm³/mol. The molecule has 2 aromatic carbocycles. The van der Waals surface area contributed by atoms with E-state index in [-0.39, 0.29) is 6.61 Å². The van der Waals surface area contributed by atoms with Gasteiger partial charge in [0, 0.05) is 12.2 Å². The van der Waals surface area contributed by atoms with E-state index in [1.807, 2.05) is 42.5 Å². The Bertz CT molecular complexity index is 505. The van der Waals surface area contributed by atoms with Gasteiger partial charge in [-0.1, -0.05) is 41.9 Å². The van der Waals surface area contributed by atoms with Crippen LogP contribution in [-0.4, -0.2) is 24.4 Å². The molecule has 0 saturated carbocycles. The number of anilines is 1. The first-order chi connectivity index (χ1) is 9.25. The fourth-order valence-electron chi connectivity index (χ4n) is 1.60. The van der Waals surface area contributed by atoms with Gasteiger partial charge in [-0.2, -0.15) is 0 Å². The molecule has 1 unspecified atom stereocenters. The molecule has 4 heteroatoms. The lowest BCUT2D eigenvalue weighted by atomic mass is 10.3. The number of benzene rings is 2. The second kappa shape index (κ2) is 7.02. The molecule has 0 radical (unpaired) electrons. The highest BCUT2D eigenvalue weighted by atomic mass is 35.5. The highest BCUT2D eigenvalue weighted by Gasteiger charge is 2.06. The molecule has 0 bridgehead atoms. The molecule has 0 aliphatic carbocycles. The summed E-state index contributed by atoms with van der Waals surface area (Å²) in [5.74, 6) is 0.586. The number of rotatable bonds is 6. The Balaban J connectivity index is 1.76. The van der Waals surface area contributed by atoms with Gasteiger partial charge in [-0.15, -0.1) is 0 Å². The Labute approximate surface area is 117 Å². The summed E-state index contributed by atoms with van der Waals surface area (Å²) in [4.78, 5) is 0. The van der Waals surface area contributed by atoms with E-state index in [2.05, 4.69) is 5.32 Å². The van der Waals surface area contributed by atoms with Crippen molar-refractivity contribution in [1.82, 2.24) is 0 Å². The molecule has 0 aliphatic heterocycles. The average molecular weight is 278 g/mol. The van der Waals surface area contributed by atoms with Crippen LogP contribution in [0.2, 0.25) is 5.02 Å². The van der Waals surface area contributed by atoms with Gasteiger partial charge in [-0.3, -0.25) is 0 Å². The monoisotopic (exact) mass is 277 g/mol. The number of hydrogen-bond acceptors (Lipinski definition) is 3. The minimum absolute atomic E-state index is 0.198. The zero-order valence-electron chi connectivity index (χ0n) is 10.4. The second-order valence-corrected chi connectivity index (χ2v) is 4.55. The van der Waals surface area contributed by atoms with Crippen molar-refractivity contribution in [2.75, 3.05) is 18.5 Å². The van der Waals surface area contributed by atoms with Gasteiger partial charge < -0.3 is 15.2 Å². The van der Waals surface area contributed by atoms with E-state index in [1.165, 1.54) is 0 Å². The van der Waals surface area contributed by atoms with Crippen molar-refractivity contribution in [2.45, 2.75) is 6.10 Å². The van der Waals surface area contributed by atoms with Gasteiger partial charge in [-0.25, -0.2) is 0 Å². The zero-order chi connectivity index (χ0) is 13.5. The number of aliphatic hydroxyl groups excluding tert-OH is 1. The molecule has 0 aromatic heterocycles. The van der Waals surface area contributed by atoms with Crippen LogP contribution >= 0.6 is 11.6 Å². The summed E-state index contributed by atoms with van der Waals surface area (Å²) in [6.45, 7) is 0.623. The van der Waals surface area contributed by atoms with Crippen LogP contribution in [-0.2, 0) is 0 Å².